The van der Waals surface area contributed by atoms with Crippen molar-refractivity contribution in [2.24, 2.45) is 0 Å². The molecule has 0 aliphatic heterocycles. The summed E-state index contributed by atoms with van der Waals surface area (Å²) in [7, 11) is 0. The van der Waals surface area contributed by atoms with Gasteiger partial charge in [0.1, 0.15) is 17.4 Å². The monoisotopic (exact) mass is 400 g/mol. The fourth-order valence-corrected chi connectivity index (χ4v) is 3.05. The van der Waals surface area contributed by atoms with Gasteiger partial charge in [-0.1, -0.05) is 30.3 Å². The van der Waals surface area contributed by atoms with E-state index in [9.17, 15) is 19.1 Å². The van der Waals surface area contributed by atoms with Crippen molar-refractivity contribution in [3.63, 3.8) is 0 Å². The van der Waals surface area contributed by atoms with E-state index >= 15 is 0 Å². The van der Waals surface area contributed by atoms with Gasteiger partial charge >= 0.3 is 5.63 Å². The van der Waals surface area contributed by atoms with E-state index in [0.29, 0.717) is 22.2 Å². The molecule has 1 aromatic heterocycles. The molecule has 146 valence electrons. The van der Waals surface area contributed by atoms with Crippen LogP contribution in [0.15, 0.2) is 75.9 Å². The normalized spacial score (nSPS) is 10.5. The molecule has 7 heteroatoms. The van der Waals surface area contributed by atoms with Gasteiger partial charge in [0, 0.05) is 11.1 Å². The maximum Gasteiger partial charge on any atom is 0.349 e. The van der Waals surface area contributed by atoms with Crippen LogP contribution in [-0.2, 0) is 0 Å². The summed E-state index contributed by atoms with van der Waals surface area (Å²) in [5, 5.41) is 21.8. The number of benzene rings is 3. The molecule has 0 spiro atoms. The molecular formula is C23H13FN2O4. The highest BCUT2D eigenvalue weighted by molar-refractivity contribution is 6.05. The van der Waals surface area contributed by atoms with Crippen LogP contribution >= 0.6 is 0 Å². The zero-order valence-corrected chi connectivity index (χ0v) is 15.3. The van der Waals surface area contributed by atoms with Crippen molar-refractivity contribution >= 4 is 22.6 Å². The summed E-state index contributed by atoms with van der Waals surface area (Å²) in [6.45, 7) is 0. The third kappa shape index (κ3) is 3.50. The van der Waals surface area contributed by atoms with Gasteiger partial charge in [-0.05, 0) is 47.5 Å². The minimum Gasteiger partial charge on any atom is -0.504 e. The summed E-state index contributed by atoms with van der Waals surface area (Å²) in [4.78, 5) is 24.8. The third-order valence-corrected chi connectivity index (χ3v) is 4.52. The number of carbonyl (C=O) groups excluding carboxylic acids is 1. The van der Waals surface area contributed by atoms with Gasteiger partial charge in [0.15, 0.2) is 11.3 Å². The average Bonchev–Trinajstić information content (AvgIpc) is 2.74. The number of carbonyl (C=O) groups is 1. The quantitative estimate of drug-likeness (QED) is 0.495. The number of nitrogens with one attached hydrogen (secondary N) is 1. The van der Waals surface area contributed by atoms with Crippen LogP contribution in [0, 0.1) is 17.1 Å². The zero-order valence-electron chi connectivity index (χ0n) is 15.3. The Hall–Kier alpha value is -4.44. The summed E-state index contributed by atoms with van der Waals surface area (Å²) in [5.41, 5.74) is 0.478. The number of nitriles is 1. The highest BCUT2D eigenvalue weighted by Gasteiger charge is 2.16. The predicted molar refractivity (Wildman–Crippen MR) is 109 cm³/mol. The molecule has 4 rings (SSSR count). The number of phenolic OH excluding ortho intramolecular Hbond substituents is 1. The second-order valence-corrected chi connectivity index (χ2v) is 6.48. The molecule has 30 heavy (non-hydrogen) atoms. The molecule has 0 atom stereocenters. The molecule has 0 saturated heterocycles. The second-order valence-electron chi connectivity index (χ2n) is 6.48. The summed E-state index contributed by atoms with van der Waals surface area (Å²) in [6, 6.07) is 18.5. The minimum atomic E-state index is -0.880. The second kappa shape index (κ2) is 7.53. The maximum atomic E-state index is 13.6. The van der Waals surface area contributed by atoms with Gasteiger partial charge in [-0.3, -0.25) is 4.79 Å². The number of phenols is 1. The Labute approximate surface area is 169 Å². The van der Waals surface area contributed by atoms with Gasteiger partial charge < -0.3 is 14.8 Å². The number of hydrogen-bond donors (Lipinski definition) is 2. The highest BCUT2D eigenvalue weighted by Crippen LogP contribution is 2.26. The number of fused-ring (bicyclic) bond motifs is 1. The number of anilines is 1. The number of amides is 1. The molecular weight excluding hydrogens is 387 g/mol. The summed E-state index contributed by atoms with van der Waals surface area (Å²) in [6.07, 6.45) is 0. The number of nitrogens with zero attached hydrogens (tertiary/aromatic N) is 1. The Kier molecular flexibility index (Phi) is 4.74. The molecule has 0 unspecified atom stereocenters. The molecule has 1 heterocycles. The summed E-state index contributed by atoms with van der Waals surface area (Å²) in [5.74, 6) is -1.48. The van der Waals surface area contributed by atoms with Crippen LogP contribution in [0.4, 0.5) is 10.1 Å². The molecule has 0 fully saturated rings. The van der Waals surface area contributed by atoms with Crippen molar-refractivity contribution in [1.29, 1.82) is 5.26 Å². The third-order valence-electron chi connectivity index (χ3n) is 4.52. The Bertz CT molecular complexity index is 1400. The molecule has 0 radical (unpaired) electrons. The lowest BCUT2D eigenvalue weighted by Crippen LogP contribution is -2.20. The van der Waals surface area contributed by atoms with E-state index < -0.39 is 17.3 Å². The van der Waals surface area contributed by atoms with E-state index in [1.807, 2.05) is 0 Å². The van der Waals surface area contributed by atoms with Gasteiger partial charge in [-0.2, -0.15) is 5.26 Å². The van der Waals surface area contributed by atoms with Crippen LogP contribution in [-0.4, -0.2) is 11.0 Å². The minimum absolute atomic E-state index is 0.00524. The van der Waals surface area contributed by atoms with Crippen LogP contribution in [0.1, 0.15) is 15.9 Å². The topological polar surface area (TPSA) is 103 Å². The molecule has 3 aromatic carbocycles. The SMILES string of the molecule is N#Cc1cc(-c2cccc(NC(=O)c3cc4cccc(O)c4oc3=O)c2)ccc1F. The van der Waals surface area contributed by atoms with Crippen LogP contribution in [0.5, 0.6) is 5.75 Å². The lowest BCUT2D eigenvalue weighted by atomic mass is 10.0. The summed E-state index contributed by atoms with van der Waals surface area (Å²) < 4.78 is 18.6. The molecule has 6 nitrogen and oxygen atoms in total. The molecule has 0 aliphatic rings. The predicted octanol–water partition coefficient (Wildman–Crippen LogP) is 4.43. The van der Waals surface area contributed by atoms with E-state index in [1.165, 1.54) is 30.3 Å². The van der Waals surface area contributed by atoms with Gasteiger partial charge in [0.05, 0.1) is 5.56 Å². The van der Waals surface area contributed by atoms with Crippen molar-refractivity contribution in [2.75, 3.05) is 5.32 Å². The van der Waals surface area contributed by atoms with E-state index in [-0.39, 0.29) is 22.5 Å². The zero-order chi connectivity index (χ0) is 21.3. The van der Waals surface area contributed by atoms with E-state index in [1.54, 1.807) is 42.5 Å². The number of aromatic hydroxyl groups is 1. The molecule has 0 saturated carbocycles. The van der Waals surface area contributed by atoms with Gasteiger partial charge in [0.25, 0.3) is 5.91 Å². The van der Waals surface area contributed by atoms with E-state index in [4.69, 9.17) is 9.68 Å². The first-order valence-corrected chi connectivity index (χ1v) is 8.83. The van der Waals surface area contributed by atoms with Crippen molar-refractivity contribution in [2.45, 2.75) is 0 Å². The van der Waals surface area contributed by atoms with Crippen LogP contribution < -0.4 is 10.9 Å². The lowest BCUT2D eigenvalue weighted by molar-refractivity contribution is 0.102. The first kappa shape index (κ1) is 18.9. The van der Waals surface area contributed by atoms with Gasteiger partial charge in [-0.25, -0.2) is 9.18 Å². The smallest absolute Gasteiger partial charge is 0.349 e. The van der Waals surface area contributed by atoms with E-state index in [0.717, 1.165) is 0 Å². The van der Waals surface area contributed by atoms with Crippen molar-refractivity contribution in [3.8, 4) is 22.9 Å². The van der Waals surface area contributed by atoms with Crippen molar-refractivity contribution < 1.29 is 18.7 Å². The van der Waals surface area contributed by atoms with Gasteiger partial charge in [0.2, 0.25) is 0 Å². The molecule has 4 aromatic rings. The average molecular weight is 400 g/mol. The first-order valence-electron chi connectivity index (χ1n) is 8.83. The Balaban J connectivity index is 1.66. The van der Waals surface area contributed by atoms with Crippen LogP contribution in [0.25, 0.3) is 22.1 Å². The number of rotatable bonds is 3. The Morgan fingerprint density at radius 2 is 1.80 bits per heavy atom. The summed E-state index contributed by atoms with van der Waals surface area (Å²) >= 11 is 0. The largest absolute Gasteiger partial charge is 0.504 e. The number of para-hydroxylation sites is 1. The number of hydrogen-bond acceptors (Lipinski definition) is 5. The van der Waals surface area contributed by atoms with Crippen molar-refractivity contribution in [1.82, 2.24) is 0 Å². The molecule has 0 aliphatic carbocycles. The maximum absolute atomic E-state index is 13.6. The molecule has 1 amide bonds. The fourth-order valence-electron chi connectivity index (χ4n) is 3.05. The van der Waals surface area contributed by atoms with Crippen LogP contribution in [0.2, 0.25) is 0 Å². The standard InChI is InChI=1S/C23H13FN2O4/c24-19-8-7-14(9-16(19)12-25)13-3-1-5-17(10-13)26-22(28)18-11-15-4-2-6-20(27)21(15)30-23(18)29/h1-11,27H,(H,26,28). The highest BCUT2D eigenvalue weighted by atomic mass is 19.1. The van der Waals surface area contributed by atoms with Gasteiger partial charge in [-0.15, -0.1) is 0 Å². The van der Waals surface area contributed by atoms with Crippen LogP contribution in [0.3, 0.4) is 0 Å². The Morgan fingerprint density at radius 1 is 1.03 bits per heavy atom. The van der Waals surface area contributed by atoms with E-state index in [2.05, 4.69) is 5.32 Å². The molecule has 0 bridgehead atoms. The lowest BCUT2D eigenvalue weighted by Gasteiger charge is -2.08. The fraction of sp³-hybridized carbons (Fsp3) is 0. The molecule has 2 N–H and O–H groups in total. The first-order chi connectivity index (χ1) is 14.5. The Morgan fingerprint density at radius 3 is 2.60 bits per heavy atom. The van der Waals surface area contributed by atoms with Crippen molar-refractivity contribution in [3.05, 3.63) is 94.1 Å². The number of halogens is 1.